The summed E-state index contributed by atoms with van der Waals surface area (Å²) in [7, 11) is 0. The minimum Gasteiger partial charge on any atom is -0.508 e. The molecule has 0 radical (unpaired) electrons. The van der Waals surface area contributed by atoms with Gasteiger partial charge < -0.3 is 89.8 Å². The second-order valence-corrected chi connectivity index (χ2v) is 21.4. The monoisotopic (exact) mass is 1200 g/mol. The second-order valence-electron chi connectivity index (χ2n) is 21.4. The highest BCUT2D eigenvalue weighted by Crippen LogP contribution is 2.24. The first-order valence-electron chi connectivity index (χ1n) is 27.6. The van der Waals surface area contributed by atoms with Crippen LogP contribution in [0.15, 0.2) is 79.0 Å². The van der Waals surface area contributed by atoms with Crippen molar-refractivity contribution in [1.82, 2.24) is 47.1 Å². The van der Waals surface area contributed by atoms with Crippen LogP contribution in [-0.2, 0) is 76.8 Å². The van der Waals surface area contributed by atoms with E-state index in [0.717, 1.165) is 11.8 Å². The summed E-state index contributed by atoms with van der Waals surface area (Å²) in [5.41, 5.74) is 18.8. The number of hydrogen-bond donors (Lipinski definition) is 16. The summed E-state index contributed by atoms with van der Waals surface area (Å²) < 4.78 is 0. The topological polar surface area (TPSA) is 487 Å². The van der Waals surface area contributed by atoms with Gasteiger partial charge in [0, 0.05) is 49.3 Å². The average molecular weight is 1200 g/mol. The van der Waals surface area contributed by atoms with Crippen LogP contribution in [-0.4, -0.2) is 173 Å². The highest BCUT2D eigenvalue weighted by atomic mass is 16.4. The molecule has 19 N–H and O–H groups in total. The number of benzene rings is 3. The number of hydrogen-bond acceptors (Lipinski definition) is 16. The highest BCUT2D eigenvalue weighted by molar-refractivity contribution is 6.00. The molecular weight excluding hydrogens is 1120 g/mol. The Morgan fingerprint density at radius 2 is 1.10 bits per heavy atom. The molecule has 3 aromatic carbocycles. The van der Waals surface area contributed by atoms with E-state index in [1.807, 2.05) is 0 Å². The molecule has 10 atom stereocenters. The second kappa shape index (κ2) is 31.3. The van der Waals surface area contributed by atoms with Gasteiger partial charge in [-0.3, -0.25) is 52.7 Å². The van der Waals surface area contributed by atoms with Gasteiger partial charge in [-0.1, -0.05) is 56.3 Å². The number of phenols is 2. The summed E-state index contributed by atoms with van der Waals surface area (Å²) in [5.74, 6) is -13.9. The van der Waals surface area contributed by atoms with Gasteiger partial charge in [-0.15, -0.1) is 0 Å². The molecule has 1 saturated heterocycles. The van der Waals surface area contributed by atoms with Crippen molar-refractivity contribution in [3.8, 4) is 11.5 Å². The van der Waals surface area contributed by atoms with Crippen LogP contribution in [0.2, 0.25) is 0 Å². The summed E-state index contributed by atoms with van der Waals surface area (Å²) in [6, 6.07) is 3.17. The number of likely N-dealkylation sites (tertiary alicyclic amines) is 1. The lowest BCUT2D eigenvalue weighted by Crippen LogP contribution is -2.61. The van der Waals surface area contributed by atoms with Gasteiger partial charge in [0.05, 0.1) is 25.0 Å². The Kier molecular flexibility index (Phi) is 24.4. The molecule has 1 aliphatic rings. The van der Waals surface area contributed by atoms with Crippen molar-refractivity contribution in [3.63, 3.8) is 0 Å². The number of carbonyl (C=O) groups is 12. The molecule has 29 nitrogen and oxygen atoms in total. The molecule has 0 saturated carbocycles. The van der Waals surface area contributed by atoms with Crippen LogP contribution in [0, 0.1) is 5.92 Å². The molecule has 29 heteroatoms. The number of carbonyl (C=O) groups excluding carboxylic acids is 10. The van der Waals surface area contributed by atoms with E-state index in [1.54, 1.807) is 44.3 Å². The van der Waals surface area contributed by atoms with Gasteiger partial charge in [0.1, 0.15) is 53.8 Å². The summed E-state index contributed by atoms with van der Waals surface area (Å²) in [4.78, 5) is 166. The minimum absolute atomic E-state index is 0.0371. The summed E-state index contributed by atoms with van der Waals surface area (Å²) in [5, 5.41) is 67.4. The van der Waals surface area contributed by atoms with E-state index in [-0.39, 0.29) is 61.6 Å². The molecule has 5 rings (SSSR count). The van der Waals surface area contributed by atoms with Crippen molar-refractivity contribution < 1.29 is 83.1 Å². The molecule has 86 heavy (non-hydrogen) atoms. The number of amides is 10. The first kappa shape index (κ1) is 67.2. The number of aliphatic hydroxyl groups excluding tert-OH is 1. The third kappa shape index (κ3) is 20.0. The number of carboxylic acids is 2. The third-order valence-electron chi connectivity index (χ3n) is 14.0. The number of para-hydroxylation sites is 1. The van der Waals surface area contributed by atoms with Gasteiger partial charge in [0.25, 0.3) is 0 Å². The number of aliphatic carboxylic acids is 2. The van der Waals surface area contributed by atoms with Crippen LogP contribution in [0.1, 0.15) is 82.4 Å². The predicted octanol–water partition coefficient (Wildman–Crippen LogP) is -2.55. The fourth-order valence-electron chi connectivity index (χ4n) is 9.62. The summed E-state index contributed by atoms with van der Waals surface area (Å²) in [6.07, 6.45) is -3.32. The van der Waals surface area contributed by atoms with E-state index in [1.165, 1.54) is 48.5 Å². The van der Waals surface area contributed by atoms with Crippen LogP contribution in [0.25, 0.3) is 10.9 Å². The van der Waals surface area contributed by atoms with Gasteiger partial charge in [0.2, 0.25) is 59.1 Å². The van der Waals surface area contributed by atoms with Crippen LogP contribution < -0.4 is 54.4 Å². The lowest BCUT2D eigenvalue weighted by atomic mass is 10.0. The molecule has 1 aromatic heterocycles. The van der Waals surface area contributed by atoms with E-state index < -0.39 is 164 Å². The van der Waals surface area contributed by atoms with Crippen molar-refractivity contribution in [3.05, 3.63) is 95.7 Å². The fourth-order valence-corrected chi connectivity index (χ4v) is 9.62. The molecule has 0 bridgehead atoms. The number of aliphatic hydroxyl groups is 1. The zero-order valence-electron chi connectivity index (χ0n) is 47.4. The Morgan fingerprint density at radius 1 is 0.605 bits per heavy atom. The number of H-pyrrole nitrogens is 1. The standard InChI is InChI=1S/C57H74N12O17/c1-28(2)21-36(58)49(77)62-38(18-19-45(59)73)50(78)65-42(26-47(75)76)53(81)63-39(22-30-10-14-33(71)15-11-30)51(79)64-41(25-46(60)74)52(80)67-43(23-31-12-16-34(72)17-13-31)56(84)69-20-6-9-44(69)55(83)66-40(54(82)68-48(29(3)70)57(85)86)24-32-27-61-37-8-5-4-7-35(32)37/h4-5,7-8,10-17,27-29,36,38-44,48,61,70-72H,6,9,18-26,58H2,1-3H3,(H2,59,73)(H2,60,74)(H,62,77)(H,63,81)(H,64,79)(H,65,78)(H,66,83)(H,67,80)(H,68,82)(H,75,76)(H,85,86)/t29-,36+,38+,39+,40+,41+,42+,43+,44+,48+/m1/s1. The Labute approximate surface area is 492 Å². The van der Waals surface area contributed by atoms with E-state index in [9.17, 15) is 83.1 Å². The number of fused-ring (bicyclic) bond motifs is 1. The van der Waals surface area contributed by atoms with E-state index in [2.05, 4.69) is 42.2 Å². The molecule has 4 aromatic rings. The van der Waals surface area contributed by atoms with Crippen molar-refractivity contribution in [2.45, 2.75) is 145 Å². The number of nitrogens with one attached hydrogen (secondary N) is 8. The Morgan fingerprint density at radius 3 is 1.65 bits per heavy atom. The number of primary amides is 2. The molecule has 464 valence electrons. The zero-order chi connectivity index (χ0) is 63.5. The normalized spacial score (nSPS) is 16.1. The smallest absolute Gasteiger partial charge is 0.328 e. The van der Waals surface area contributed by atoms with Crippen molar-refractivity contribution in [2.24, 2.45) is 23.1 Å². The van der Waals surface area contributed by atoms with Gasteiger partial charge >= 0.3 is 11.9 Å². The molecule has 1 fully saturated rings. The van der Waals surface area contributed by atoms with Crippen molar-refractivity contribution >= 4 is 81.9 Å². The maximum Gasteiger partial charge on any atom is 0.328 e. The van der Waals surface area contributed by atoms with Crippen molar-refractivity contribution in [2.75, 3.05) is 6.54 Å². The van der Waals surface area contributed by atoms with Gasteiger partial charge in [0.15, 0.2) is 6.04 Å². The lowest BCUT2D eigenvalue weighted by molar-refractivity contribution is -0.145. The number of phenolic OH excluding ortho intramolecular Hbond substituents is 2. The number of aromatic hydroxyl groups is 2. The van der Waals surface area contributed by atoms with Crippen molar-refractivity contribution in [1.29, 1.82) is 0 Å². The van der Waals surface area contributed by atoms with Gasteiger partial charge in [-0.2, -0.15) is 0 Å². The maximum atomic E-state index is 14.9. The molecular formula is C57H74N12O17. The Bertz CT molecular complexity index is 3120. The van der Waals surface area contributed by atoms with Crippen LogP contribution >= 0.6 is 0 Å². The largest absolute Gasteiger partial charge is 0.508 e. The summed E-state index contributed by atoms with van der Waals surface area (Å²) in [6.45, 7) is 4.67. The number of nitrogens with two attached hydrogens (primary N) is 3. The minimum atomic E-state index is -1.98. The summed E-state index contributed by atoms with van der Waals surface area (Å²) >= 11 is 0. The maximum absolute atomic E-state index is 14.9. The number of aromatic amines is 1. The number of carboxylic acid groups (broad SMARTS) is 2. The fraction of sp³-hybridized carbons (Fsp3) is 0.439. The van der Waals surface area contributed by atoms with Crippen LogP contribution in [0.4, 0.5) is 0 Å². The SMILES string of the molecule is CC(C)C[C@H](N)C(=O)N[C@@H](CCC(N)=O)C(=O)N[C@@H](CC(=O)O)C(=O)N[C@@H](Cc1ccc(O)cc1)C(=O)N[C@@H](CC(N)=O)C(=O)N[C@@H](Cc1ccc(O)cc1)C(=O)N1CCC[C@H]1C(=O)N[C@@H](Cc1c[nH]c2ccccc12)C(=O)N[C@H](C(=O)O)[C@@H](C)O. The Hall–Kier alpha value is -9.64. The molecule has 0 spiro atoms. The third-order valence-corrected chi connectivity index (χ3v) is 14.0. The average Bonchev–Trinajstić information content (AvgIpc) is 3.34. The lowest BCUT2D eigenvalue weighted by Gasteiger charge is -2.31. The number of rotatable bonds is 32. The first-order chi connectivity index (χ1) is 40.6. The number of aromatic nitrogens is 1. The van der Waals surface area contributed by atoms with Gasteiger partial charge in [-0.25, -0.2) is 4.79 Å². The molecule has 0 unspecified atom stereocenters. The first-order valence-corrected chi connectivity index (χ1v) is 27.6. The van der Waals surface area contributed by atoms with E-state index >= 15 is 0 Å². The molecule has 10 amide bonds. The Balaban J connectivity index is 1.43. The number of nitrogens with zero attached hydrogens (tertiary/aromatic N) is 1. The highest BCUT2D eigenvalue weighted by Gasteiger charge is 2.41. The van der Waals surface area contributed by atoms with E-state index in [4.69, 9.17) is 17.2 Å². The van der Waals surface area contributed by atoms with Gasteiger partial charge in [-0.05, 0) is 85.5 Å². The predicted molar refractivity (Wildman–Crippen MR) is 305 cm³/mol. The molecule has 2 heterocycles. The van der Waals surface area contributed by atoms with Crippen LogP contribution in [0.3, 0.4) is 0 Å². The molecule has 0 aliphatic carbocycles. The zero-order valence-corrected chi connectivity index (χ0v) is 47.4. The van der Waals surface area contributed by atoms with Crippen LogP contribution in [0.5, 0.6) is 11.5 Å². The van der Waals surface area contributed by atoms with E-state index in [0.29, 0.717) is 22.0 Å². The quantitative estimate of drug-likeness (QED) is 0.0239. The molecule has 1 aliphatic heterocycles.